The minimum Gasteiger partial charge on any atom is -0.383 e. The number of aromatic nitrogens is 2. The molecule has 3 nitrogen and oxygen atoms in total. The molecule has 0 spiro atoms. The zero-order valence-corrected chi connectivity index (χ0v) is 7.31. The van der Waals surface area contributed by atoms with Gasteiger partial charge >= 0.3 is 0 Å². The Kier molecular flexibility index (Phi) is 2.10. The van der Waals surface area contributed by atoms with Crippen molar-refractivity contribution in [1.29, 1.82) is 0 Å². The van der Waals surface area contributed by atoms with E-state index in [9.17, 15) is 4.39 Å². The standard InChI is InChI=1S/C10H8FN3/c11-8-4-9(10(12)14-6-8)7-2-1-3-13-5-7/h1-6H,(H2,12,14). The van der Waals surface area contributed by atoms with Gasteiger partial charge in [-0.15, -0.1) is 0 Å². The van der Waals surface area contributed by atoms with E-state index in [0.29, 0.717) is 11.4 Å². The minimum atomic E-state index is -0.405. The van der Waals surface area contributed by atoms with Crippen LogP contribution < -0.4 is 5.73 Å². The summed E-state index contributed by atoms with van der Waals surface area (Å²) in [5, 5.41) is 0. The molecule has 0 aliphatic carbocycles. The number of hydrogen-bond donors (Lipinski definition) is 1. The van der Waals surface area contributed by atoms with Gasteiger partial charge in [-0.25, -0.2) is 9.37 Å². The summed E-state index contributed by atoms with van der Waals surface area (Å²) in [5.41, 5.74) is 6.94. The van der Waals surface area contributed by atoms with E-state index < -0.39 is 5.82 Å². The fourth-order valence-electron chi connectivity index (χ4n) is 1.20. The molecule has 70 valence electrons. The van der Waals surface area contributed by atoms with Gasteiger partial charge < -0.3 is 5.73 Å². The lowest BCUT2D eigenvalue weighted by molar-refractivity contribution is 0.622. The van der Waals surface area contributed by atoms with Gasteiger partial charge in [-0.2, -0.15) is 0 Å². The van der Waals surface area contributed by atoms with E-state index in [4.69, 9.17) is 5.73 Å². The van der Waals surface area contributed by atoms with E-state index in [2.05, 4.69) is 9.97 Å². The normalized spacial score (nSPS) is 10.1. The van der Waals surface area contributed by atoms with Crippen molar-refractivity contribution in [3.05, 3.63) is 42.6 Å². The number of halogens is 1. The van der Waals surface area contributed by atoms with Gasteiger partial charge in [0.2, 0.25) is 0 Å². The first-order valence-electron chi connectivity index (χ1n) is 4.09. The van der Waals surface area contributed by atoms with Crippen LogP contribution >= 0.6 is 0 Å². The molecule has 0 aromatic carbocycles. The SMILES string of the molecule is Nc1ncc(F)cc1-c1cccnc1. The molecular weight excluding hydrogens is 181 g/mol. The zero-order chi connectivity index (χ0) is 9.97. The summed E-state index contributed by atoms with van der Waals surface area (Å²) in [6.07, 6.45) is 4.36. The molecular formula is C10H8FN3. The summed E-state index contributed by atoms with van der Waals surface area (Å²) in [6, 6.07) is 4.92. The first-order valence-corrected chi connectivity index (χ1v) is 4.09. The Balaban J connectivity index is 2.57. The maximum atomic E-state index is 12.9. The quantitative estimate of drug-likeness (QED) is 0.744. The van der Waals surface area contributed by atoms with Crippen molar-refractivity contribution in [1.82, 2.24) is 9.97 Å². The molecule has 2 aromatic heterocycles. The highest BCUT2D eigenvalue weighted by Crippen LogP contribution is 2.23. The summed E-state index contributed by atoms with van der Waals surface area (Å²) >= 11 is 0. The first-order chi connectivity index (χ1) is 6.77. The molecule has 0 amide bonds. The van der Waals surface area contributed by atoms with Gasteiger partial charge in [-0.3, -0.25) is 4.98 Å². The van der Waals surface area contributed by atoms with Crippen molar-refractivity contribution in [2.24, 2.45) is 0 Å². The second kappa shape index (κ2) is 3.41. The van der Waals surface area contributed by atoms with Crippen LogP contribution in [0.25, 0.3) is 11.1 Å². The van der Waals surface area contributed by atoms with Crippen molar-refractivity contribution in [3.8, 4) is 11.1 Å². The third-order valence-electron chi connectivity index (χ3n) is 1.86. The van der Waals surface area contributed by atoms with Crippen LogP contribution in [0.15, 0.2) is 36.8 Å². The second-order valence-corrected chi connectivity index (χ2v) is 2.83. The maximum absolute atomic E-state index is 12.9. The number of nitrogens with zero attached hydrogens (tertiary/aromatic N) is 2. The molecule has 14 heavy (non-hydrogen) atoms. The predicted molar refractivity (Wildman–Crippen MR) is 51.8 cm³/mol. The summed E-state index contributed by atoms with van der Waals surface area (Å²) in [6.45, 7) is 0. The van der Waals surface area contributed by atoms with E-state index in [1.165, 1.54) is 6.07 Å². The highest BCUT2D eigenvalue weighted by Gasteiger charge is 2.04. The van der Waals surface area contributed by atoms with Gasteiger partial charge in [0.05, 0.1) is 6.20 Å². The average Bonchev–Trinajstić information content (AvgIpc) is 2.23. The van der Waals surface area contributed by atoms with Crippen LogP contribution in [0.2, 0.25) is 0 Å². The Morgan fingerprint density at radius 1 is 1.29 bits per heavy atom. The molecule has 0 saturated heterocycles. The Morgan fingerprint density at radius 2 is 2.14 bits per heavy atom. The van der Waals surface area contributed by atoms with Crippen LogP contribution in [0.5, 0.6) is 0 Å². The molecule has 0 radical (unpaired) electrons. The lowest BCUT2D eigenvalue weighted by atomic mass is 10.1. The fraction of sp³-hybridized carbons (Fsp3) is 0. The molecule has 0 bridgehead atoms. The Morgan fingerprint density at radius 3 is 2.86 bits per heavy atom. The molecule has 0 unspecified atom stereocenters. The van der Waals surface area contributed by atoms with Crippen LogP contribution in [0, 0.1) is 5.82 Å². The Labute approximate surface area is 80.4 Å². The van der Waals surface area contributed by atoms with Crippen LogP contribution in [0.1, 0.15) is 0 Å². The maximum Gasteiger partial charge on any atom is 0.142 e. The van der Waals surface area contributed by atoms with Gasteiger partial charge in [0, 0.05) is 23.5 Å². The average molecular weight is 189 g/mol. The smallest absolute Gasteiger partial charge is 0.142 e. The monoisotopic (exact) mass is 189 g/mol. The highest BCUT2D eigenvalue weighted by atomic mass is 19.1. The topological polar surface area (TPSA) is 51.8 Å². The number of rotatable bonds is 1. The molecule has 0 aliphatic rings. The van der Waals surface area contributed by atoms with Crippen molar-refractivity contribution < 1.29 is 4.39 Å². The number of nitrogens with two attached hydrogens (primary N) is 1. The summed E-state index contributed by atoms with van der Waals surface area (Å²) < 4.78 is 12.9. The van der Waals surface area contributed by atoms with Gasteiger partial charge in [0.15, 0.2) is 0 Å². The molecule has 2 heterocycles. The van der Waals surface area contributed by atoms with E-state index >= 15 is 0 Å². The molecule has 0 aliphatic heterocycles. The number of anilines is 1. The van der Waals surface area contributed by atoms with Crippen molar-refractivity contribution in [3.63, 3.8) is 0 Å². The zero-order valence-electron chi connectivity index (χ0n) is 7.31. The molecule has 0 saturated carbocycles. The van der Waals surface area contributed by atoms with Crippen molar-refractivity contribution in [2.45, 2.75) is 0 Å². The molecule has 4 heteroatoms. The van der Waals surface area contributed by atoms with Gasteiger partial charge in [-0.05, 0) is 12.1 Å². The Hall–Kier alpha value is -1.97. The third kappa shape index (κ3) is 1.54. The summed E-state index contributed by atoms with van der Waals surface area (Å²) in [5.74, 6) is -0.0996. The Bertz CT molecular complexity index is 442. The van der Waals surface area contributed by atoms with Crippen molar-refractivity contribution >= 4 is 5.82 Å². The van der Waals surface area contributed by atoms with Crippen LogP contribution in [-0.4, -0.2) is 9.97 Å². The van der Waals surface area contributed by atoms with E-state index in [-0.39, 0.29) is 0 Å². The van der Waals surface area contributed by atoms with Gasteiger partial charge in [0.25, 0.3) is 0 Å². The van der Waals surface area contributed by atoms with Gasteiger partial charge in [0.1, 0.15) is 11.6 Å². The lowest BCUT2D eigenvalue weighted by Crippen LogP contribution is -1.95. The molecule has 0 fully saturated rings. The molecule has 2 rings (SSSR count). The second-order valence-electron chi connectivity index (χ2n) is 2.83. The number of pyridine rings is 2. The van der Waals surface area contributed by atoms with Crippen LogP contribution in [0.4, 0.5) is 10.2 Å². The van der Waals surface area contributed by atoms with Crippen LogP contribution in [0.3, 0.4) is 0 Å². The first kappa shape index (κ1) is 8.62. The largest absolute Gasteiger partial charge is 0.383 e. The summed E-state index contributed by atoms with van der Waals surface area (Å²) in [4.78, 5) is 7.66. The lowest BCUT2D eigenvalue weighted by Gasteiger charge is -2.03. The molecule has 0 atom stereocenters. The van der Waals surface area contributed by atoms with E-state index in [1.54, 1.807) is 24.5 Å². The predicted octanol–water partition coefficient (Wildman–Crippen LogP) is 1.86. The molecule has 2 N–H and O–H groups in total. The number of hydrogen-bond acceptors (Lipinski definition) is 3. The fourth-order valence-corrected chi connectivity index (χ4v) is 1.20. The van der Waals surface area contributed by atoms with E-state index in [0.717, 1.165) is 11.8 Å². The highest BCUT2D eigenvalue weighted by molar-refractivity contribution is 5.72. The van der Waals surface area contributed by atoms with Crippen molar-refractivity contribution in [2.75, 3.05) is 5.73 Å². The third-order valence-corrected chi connectivity index (χ3v) is 1.86. The minimum absolute atomic E-state index is 0.305. The van der Waals surface area contributed by atoms with Crippen LogP contribution in [-0.2, 0) is 0 Å². The number of nitrogen functional groups attached to an aromatic ring is 1. The summed E-state index contributed by atoms with van der Waals surface area (Å²) in [7, 11) is 0. The van der Waals surface area contributed by atoms with E-state index in [1.807, 2.05) is 0 Å². The molecule has 2 aromatic rings. The van der Waals surface area contributed by atoms with Gasteiger partial charge in [-0.1, -0.05) is 6.07 Å².